The number of piperidine rings is 1. The van der Waals surface area contributed by atoms with Gasteiger partial charge in [0.2, 0.25) is 0 Å². The van der Waals surface area contributed by atoms with Gasteiger partial charge in [-0.25, -0.2) is 0 Å². The SMILES string of the molecule is CCCN1Cc2c(sc(C(=O)N3CCC(O)(CO)CC3)c2C)N(CCOC)C1. The first-order chi connectivity index (χ1) is 13.4. The minimum absolute atomic E-state index is 0.0469. The van der Waals surface area contributed by atoms with Gasteiger partial charge in [-0.3, -0.25) is 9.69 Å². The summed E-state index contributed by atoms with van der Waals surface area (Å²) in [5.74, 6) is 0.0469. The number of likely N-dealkylation sites (tertiary alicyclic amines) is 1. The lowest BCUT2D eigenvalue weighted by molar-refractivity contribution is -0.0545. The molecule has 8 heteroatoms. The molecule has 1 aromatic rings. The van der Waals surface area contributed by atoms with Gasteiger partial charge < -0.3 is 24.7 Å². The number of thiophene rings is 1. The molecule has 0 aliphatic carbocycles. The quantitative estimate of drug-likeness (QED) is 0.711. The average molecular weight is 412 g/mol. The number of hydrogen-bond donors (Lipinski definition) is 2. The van der Waals surface area contributed by atoms with Gasteiger partial charge in [0, 0.05) is 38.9 Å². The lowest BCUT2D eigenvalue weighted by Gasteiger charge is -2.36. The fourth-order valence-electron chi connectivity index (χ4n) is 4.02. The van der Waals surface area contributed by atoms with Crippen LogP contribution in [-0.4, -0.2) is 84.7 Å². The number of aliphatic hydroxyl groups is 2. The van der Waals surface area contributed by atoms with Crippen LogP contribution in [0.15, 0.2) is 0 Å². The normalized spacial score (nSPS) is 19.8. The first-order valence-corrected chi connectivity index (χ1v) is 10.9. The molecule has 3 rings (SSSR count). The van der Waals surface area contributed by atoms with Crippen LogP contribution < -0.4 is 4.90 Å². The molecule has 0 radical (unpaired) electrons. The van der Waals surface area contributed by atoms with Crippen LogP contribution in [-0.2, 0) is 11.3 Å². The predicted molar refractivity (Wildman–Crippen MR) is 111 cm³/mol. The van der Waals surface area contributed by atoms with E-state index < -0.39 is 5.60 Å². The highest BCUT2D eigenvalue weighted by Gasteiger charge is 2.36. The Balaban J connectivity index is 1.81. The zero-order valence-corrected chi connectivity index (χ0v) is 18.1. The predicted octanol–water partition coefficient (Wildman–Crippen LogP) is 1.65. The molecule has 2 aliphatic rings. The van der Waals surface area contributed by atoms with Gasteiger partial charge in [-0.1, -0.05) is 6.92 Å². The van der Waals surface area contributed by atoms with Gasteiger partial charge in [-0.05, 0) is 38.3 Å². The van der Waals surface area contributed by atoms with Gasteiger partial charge in [0.05, 0.1) is 35.4 Å². The van der Waals surface area contributed by atoms with E-state index in [-0.39, 0.29) is 12.5 Å². The van der Waals surface area contributed by atoms with Crippen molar-refractivity contribution < 1.29 is 19.7 Å². The van der Waals surface area contributed by atoms with Crippen molar-refractivity contribution in [1.82, 2.24) is 9.80 Å². The Hall–Kier alpha value is -1.19. The van der Waals surface area contributed by atoms with Crippen LogP contribution in [0.2, 0.25) is 0 Å². The molecular formula is C20H33N3O4S. The summed E-state index contributed by atoms with van der Waals surface area (Å²) in [4.78, 5) is 20.6. The second kappa shape index (κ2) is 9.09. The zero-order chi connectivity index (χ0) is 20.3. The Bertz CT molecular complexity index is 685. The van der Waals surface area contributed by atoms with E-state index in [0.717, 1.165) is 43.2 Å². The van der Waals surface area contributed by atoms with Gasteiger partial charge in [-0.2, -0.15) is 0 Å². The monoisotopic (exact) mass is 411 g/mol. The number of nitrogens with zero attached hydrogens (tertiary/aromatic N) is 3. The highest BCUT2D eigenvalue weighted by molar-refractivity contribution is 7.18. The number of amides is 1. The molecular weight excluding hydrogens is 378 g/mol. The maximum atomic E-state index is 13.2. The Morgan fingerprint density at radius 1 is 1.29 bits per heavy atom. The molecule has 0 saturated carbocycles. The van der Waals surface area contributed by atoms with E-state index in [0.29, 0.717) is 32.5 Å². The second-order valence-corrected chi connectivity index (χ2v) is 8.96. The lowest BCUT2D eigenvalue weighted by atomic mass is 9.92. The maximum Gasteiger partial charge on any atom is 0.264 e. The summed E-state index contributed by atoms with van der Waals surface area (Å²) >= 11 is 1.59. The molecule has 28 heavy (non-hydrogen) atoms. The molecule has 2 N–H and O–H groups in total. The summed E-state index contributed by atoms with van der Waals surface area (Å²) in [6.45, 7) is 9.21. The number of ether oxygens (including phenoxy) is 1. The van der Waals surface area contributed by atoms with E-state index >= 15 is 0 Å². The van der Waals surface area contributed by atoms with Crippen LogP contribution in [0, 0.1) is 6.92 Å². The van der Waals surface area contributed by atoms with E-state index in [1.165, 1.54) is 10.6 Å². The Labute approximate surface area is 171 Å². The summed E-state index contributed by atoms with van der Waals surface area (Å²) < 4.78 is 5.29. The zero-order valence-electron chi connectivity index (χ0n) is 17.2. The third-order valence-corrected chi connectivity index (χ3v) is 7.25. The number of carbonyl (C=O) groups is 1. The molecule has 0 spiro atoms. The maximum absolute atomic E-state index is 13.2. The molecule has 0 aromatic carbocycles. The van der Waals surface area contributed by atoms with Crippen LogP contribution >= 0.6 is 11.3 Å². The lowest BCUT2D eigenvalue weighted by Crippen LogP contribution is -2.48. The van der Waals surface area contributed by atoms with Crippen molar-refractivity contribution in [3.05, 3.63) is 16.0 Å². The Kier molecular flexibility index (Phi) is 6.98. The topological polar surface area (TPSA) is 76.5 Å². The summed E-state index contributed by atoms with van der Waals surface area (Å²) in [7, 11) is 1.72. The molecule has 1 fully saturated rings. The van der Waals surface area contributed by atoms with Crippen LogP contribution in [0.5, 0.6) is 0 Å². The van der Waals surface area contributed by atoms with Crippen molar-refractivity contribution in [2.24, 2.45) is 0 Å². The van der Waals surface area contributed by atoms with E-state index in [1.807, 2.05) is 4.90 Å². The number of aliphatic hydroxyl groups excluding tert-OH is 1. The Morgan fingerprint density at radius 2 is 2.00 bits per heavy atom. The van der Waals surface area contributed by atoms with Crippen LogP contribution in [0.25, 0.3) is 0 Å². The fraction of sp³-hybridized carbons (Fsp3) is 0.750. The van der Waals surface area contributed by atoms with Crippen molar-refractivity contribution in [2.75, 3.05) is 58.1 Å². The molecule has 0 atom stereocenters. The summed E-state index contributed by atoms with van der Waals surface area (Å²) in [6.07, 6.45) is 1.94. The van der Waals surface area contributed by atoms with Crippen molar-refractivity contribution in [3.63, 3.8) is 0 Å². The molecule has 0 bridgehead atoms. The van der Waals surface area contributed by atoms with Crippen LogP contribution in [0.4, 0.5) is 5.00 Å². The molecule has 1 aromatic heterocycles. The van der Waals surface area contributed by atoms with Crippen LogP contribution in [0.3, 0.4) is 0 Å². The standard InChI is InChI=1S/C20H33N3O4S/c1-4-7-21-12-16-15(2)17(28-19(16)23(14-21)10-11-27-3)18(25)22-8-5-20(26,13-24)6-9-22/h24,26H,4-14H2,1-3H3. The van der Waals surface area contributed by atoms with Crippen LogP contribution in [0.1, 0.15) is 47.0 Å². The summed E-state index contributed by atoms with van der Waals surface area (Å²) in [5.41, 5.74) is 1.29. The number of rotatable bonds is 7. The highest BCUT2D eigenvalue weighted by atomic mass is 32.1. The van der Waals surface area contributed by atoms with Crippen molar-refractivity contribution in [3.8, 4) is 0 Å². The highest BCUT2D eigenvalue weighted by Crippen LogP contribution is 2.40. The molecule has 0 unspecified atom stereocenters. The largest absolute Gasteiger partial charge is 0.393 e. The van der Waals surface area contributed by atoms with Gasteiger partial charge in [0.25, 0.3) is 5.91 Å². The summed E-state index contributed by atoms with van der Waals surface area (Å²) in [5, 5.41) is 20.8. The minimum atomic E-state index is -1.04. The van der Waals surface area contributed by atoms with E-state index in [4.69, 9.17) is 4.74 Å². The molecule has 158 valence electrons. The molecule has 3 heterocycles. The number of fused-ring (bicyclic) bond motifs is 1. The van der Waals surface area contributed by atoms with E-state index in [2.05, 4.69) is 23.6 Å². The third kappa shape index (κ3) is 4.36. The smallest absolute Gasteiger partial charge is 0.264 e. The van der Waals surface area contributed by atoms with Gasteiger partial charge in [0.1, 0.15) is 0 Å². The first-order valence-electron chi connectivity index (χ1n) is 10.1. The average Bonchev–Trinajstić information content (AvgIpc) is 3.03. The van der Waals surface area contributed by atoms with Gasteiger partial charge in [0.15, 0.2) is 0 Å². The molecule has 1 saturated heterocycles. The molecule has 7 nitrogen and oxygen atoms in total. The second-order valence-electron chi connectivity index (χ2n) is 7.96. The van der Waals surface area contributed by atoms with Crippen molar-refractivity contribution in [1.29, 1.82) is 0 Å². The number of anilines is 1. The van der Waals surface area contributed by atoms with Crippen molar-refractivity contribution >= 4 is 22.2 Å². The third-order valence-electron chi connectivity index (χ3n) is 5.86. The van der Waals surface area contributed by atoms with Gasteiger partial charge >= 0.3 is 0 Å². The molecule has 2 aliphatic heterocycles. The number of carbonyl (C=O) groups excluding carboxylic acids is 1. The van der Waals surface area contributed by atoms with Crippen molar-refractivity contribution in [2.45, 2.75) is 45.3 Å². The number of hydrogen-bond acceptors (Lipinski definition) is 7. The Morgan fingerprint density at radius 3 is 2.61 bits per heavy atom. The number of methoxy groups -OCH3 is 1. The fourth-order valence-corrected chi connectivity index (χ4v) is 5.33. The van der Waals surface area contributed by atoms with Gasteiger partial charge in [-0.15, -0.1) is 11.3 Å². The minimum Gasteiger partial charge on any atom is -0.393 e. The summed E-state index contributed by atoms with van der Waals surface area (Å²) in [6, 6.07) is 0. The van der Waals surface area contributed by atoms with E-state index in [1.54, 1.807) is 18.4 Å². The van der Waals surface area contributed by atoms with E-state index in [9.17, 15) is 15.0 Å². The molecule has 1 amide bonds. The first kappa shape index (κ1) is 21.5.